The molecule has 4 rings (SSSR count). The molecule has 0 heterocycles. The maximum atomic E-state index is 10.6. The van der Waals surface area contributed by atoms with Crippen molar-refractivity contribution in [3.8, 4) is 11.5 Å². The van der Waals surface area contributed by atoms with Gasteiger partial charge >= 0.3 is 0 Å². The van der Waals surface area contributed by atoms with Gasteiger partial charge < -0.3 is 10.2 Å². The van der Waals surface area contributed by atoms with Crippen LogP contribution < -0.4 is 0 Å². The fourth-order valence-electron chi connectivity index (χ4n) is 3.75. The van der Waals surface area contributed by atoms with Crippen LogP contribution in [0.3, 0.4) is 0 Å². The number of phenolic OH excluding ortho intramolecular Hbond substituents is 2. The summed E-state index contributed by atoms with van der Waals surface area (Å²) in [4.78, 5) is 0. The predicted molar refractivity (Wildman–Crippen MR) is 106 cm³/mol. The zero-order valence-corrected chi connectivity index (χ0v) is 14.6. The summed E-state index contributed by atoms with van der Waals surface area (Å²) in [6.45, 7) is 2.04. The minimum atomic E-state index is -0.694. The van der Waals surface area contributed by atoms with Crippen LogP contribution in [0.1, 0.15) is 23.6 Å². The van der Waals surface area contributed by atoms with Gasteiger partial charge in [0.15, 0.2) is 0 Å². The van der Waals surface area contributed by atoms with Gasteiger partial charge in [0.25, 0.3) is 0 Å². The van der Waals surface area contributed by atoms with Crippen LogP contribution in [0.5, 0.6) is 11.5 Å². The molecule has 26 heavy (non-hydrogen) atoms. The first-order valence-corrected chi connectivity index (χ1v) is 8.67. The van der Waals surface area contributed by atoms with Gasteiger partial charge in [-0.3, -0.25) is 0 Å². The maximum absolute atomic E-state index is 10.6. The van der Waals surface area contributed by atoms with Gasteiger partial charge in [0.2, 0.25) is 0 Å². The van der Waals surface area contributed by atoms with Crippen molar-refractivity contribution in [2.45, 2.75) is 12.3 Å². The molecule has 0 aliphatic rings. The molecule has 0 aliphatic heterocycles. The van der Waals surface area contributed by atoms with E-state index < -0.39 is 5.41 Å². The number of hydrogen-bond donors (Lipinski definition) is 2. The van der Waals surface area contributed by atoms with E-state index in [0.717, 1.165) is 27.5 Å². The van der Waals surface area contributed by atoms with Crippen molar-refractivity contribution in [1.82, 2.24) is 0 Å². The molecule has 4 aromatic carbocycles. The standard InChI is InChI=1S/C24H20O2/c1-24(20-10-4-6-12-22(20)25,21-11-5-7-13-23(21)26)19-15-14-17-8-2-3-9-18(17)16-19/h2-16,25-26H,1H3. The van der Waals surface area contributed by atoms with Gasteiger partial charge in [-0.15, -0.1) is 0 Å². The van der Waals surface area contributed by atoms with E-state index in [9.17, 15) is 10.2 Å². The van der Waals surface area contributed by atoms with Crippen molar-refractivity contribution in [3.63, 3.8) is 0 Å². The van der Waals surface area contributed by atoms with Crippen LogP contribution in [0.4, 0.5) is 0 Å². The van der Waals surface area contributed by atoms with Gasteiger partial charge in [-0.05, 0) is 41.5 Å². The van der Waals surface area contributed by atoms with Crippen molar-refractivity contribution in [3.05, 3.63) is 108 Å². The number of rotatable bonds is 3. The largest absolute Gasteiger partial charge is 0.508 e. The Morgan fingerprint density at radius 3 is 1.65 bits per heavy atom. The van der Waals surface area contributed by atoms with Crippen molar-refractivity contribution < 1.29 is 10.2 Å². The van der Waals surface area contributed by atoms with Crippen molar-refractivity contribution in [2.75, 3.05) is 0 Å². The number of para-hydroxylation sites is 2. The average molecular weight is 340 g/mol. The molecule has 0 spiro atoms. The number of aromatic hydroxyl groups is 2. The molecule has 0 atom stereocenters. The molecule has 128 valence electrons. The lowest BCUT2D eigenvalue weighted by molar-refractivity contribution is 0.442. The van der Waals surface area contributed by atoms with E-state index in [-0.39, 0.29) is 11.5 Å². The molecule has 0 radical (unpaired) electrons. The smallest absolute Gasteiger partial charge is 0.120 e. The van der Waals surface area contributed by atoms with Crippen LogP contribution in [0.15, 0.2) is 91.0 Å². The van der Waals surface area contributed by atoms with E-state index in [1.54, 1.807) is 12.1 Å². The van der Waals surface area contributed by atoms with Crippen molar-refractivity contribution in [1.29, 1.82) is 0 Å². The summed E-state index contributed by atoms with van der Waals surface area (Å²) in [6, 6.07) is 29.1. The highest BCUT2D eigenvalue weighted by atomic mass is 16.3. The molecule has 0 fully saturated rings. The second-order valence-corrected chi connectivity index (χ2v) is 6.72. The Bertz CT molecular complexity index is 1040. The molecule has 2 heteroatoms. The van der Waals surface area contributed by atoms with Crippen LogP contribution in [0.25, 0.3) is 10.8 Å². The van der Waals surface area contributed by atoms with Crippen LogP contribution >= 0.6 is 0 Å². The molecule has 4 aromatic rings. The second-order valence-electron chi connectivity index (χ2n) is 6.72. The van der Waals surface area contributed by atoms with E-state index in [4.69, 9.17) is 0 Å². The fraction of sp³-hybridized carbons (Fsp3) is 0.0833. The van der Waals surface area contributed by atoms with E-state index in [1.807, 2.05) is 55.5 Å². The second kappa shape index (κ2) is 6.23. The Morgan fingerprint density at radius 2 is 1.08 bits per heavy atom. The SMILES string of the molecule is CC(c1ccc2ccccc2c1)(c1ccccc1O)c1ccccc1O. The maximum Gasteiger partial charge on any atom is 0.120 e. The quantitative estimate of drug-likeness (QED) is 0.476. The Labute approximate surface area is 153 Å². The molecule has 2 N–H and O–H groups in total. The monoisotopic (exact) mass is 340 g/mol. The zero-order valence-electron chi connectivity index (χ0n) is 14.6. The lowest BCUT2D eigenvalue weighted by atomic mass is 9.70. The van der Waals surface area contributed by atoms with Gasteiger partial charge in [-0.25, -0.2) is 0 Å². The third-order valence-electron chi connectivity index (χ3n) is 5.21. The first kappa shape index (κ1) is 16.2. The van der Waals surface area contributed by atoms with Gasteiger partial charge in [0, 0.05) is 16.5 Å². The molecule has 0 unspecified atom stereocenters. The predicted octanol–water partition coefficient (Wildman–Crippen LogP) is 5.61. The summed E-state index contributed by atoms with van der Waals surface area (Å²) in [5.41, 5.74) is 1.84. The molecular weight excluding hydrogens is 320 g/mol. The highest BCUT2D eigenvalue weighted by Gasteiger charge is 2.35. The van der Waals surface area contributed by atoms with Gasteiger partial charge in [0.05, 0.1) is 0 Å². The number of phenols is 2. The number of hydrogen-bond acceptors (Lipinski definition) is 2. The molecule has 0 saturated carbocycles. The summed E-state index contributed by atoms with van der Waals surface area (Å²) < 4.78 is 0. The summed E-state index contributed by atoms with van der Waals surface area (Å²) in [7, 11) is 0. The first-order valence-electron chi connectivity index (χ1n) is 8.67. The van der Waals surface area contributed by atoms with Crippen molar-refractivity contribution >= 4 is 10.8 Å². The molecule has 0 bridgehead atoms. The van der Waals surface area contributed by atoms with Crippen LogP contribution in [-0.4, -0.2) is 10.2 Å². The Morgan fingerprint density at radius 1 is 0.577 bits per heavy atom. The van der Waals surface area contributed by atoms with Crippen LogP contribution in [-0.2, 0) is 5.41 Å². The van der Waals surface area contributed by atoms with E-state index in [0.29, 0.717) is 0 Å². The van der Waals surface area contributed by atoms with Gasteiger partial charge in [-0.1, -0.05) is 72.8 Å². The Balaban J connectivity index is 2.05. The van der Waals surface area contributed by atoms with E-state index >= 15 is 0 Å². The minimum absolute atomic E-state index is 0.214. The summed E-state index contributed by atoms with van der Waals surface area (Å²) in [6.07, 6.45) is 0. The molecule has 0 aromatic heterocycles. The van der Waals surface area contributed by atoms with Gasteiger partial charge in [0.1, 0.15) is 11.5 Å². The highest BCUT2D eigenvalue weighted by molar-refractivity contribution is 5.84. The van der Waals surface area contributed by atoms with Crippen LogP contribution in [0.2, 0.25) is 0 Å². The fourth-order valence-corrected chi connectivity index (χ4v) is 3.75. The molecule has 0 amide bonds. The Hall–Kier alpha value is -3.26. The summed E-state index contributed by atoms with van der Waals surface area (Å²) >= 11 is 0. The molecular formula is C24H20O2. The van der Waals surface area contributed by atoms with Gasteiger partial charge in [-0.2, -0.15) is 0 Å². The minimum Gasteiger partial charge on any atom is -0.508 e. The number of fused-ring (bicyclic) bond motifs is 1. The summed E-state index contributed by atoms with van der Waals surface area (Å²) in [5.74, 6) is 0.429. The average Bonchev–Trinajstić information content (AvgIpc) is 2.68. The third kappa shape index (κ3) is 2.51. The highest BCUT2D eigenvalue weighted by Crippen LogP contribution is 2.46. The number of benzene rings is 4. The lowest BCUT2D eigenvalue weighted by Gasteiger charge is -2.33. The van der Waals surface area contributed by atoms with Crippen molar-refractivity contribution in [2.24, 2.45) is 0 Å². The summed E-state index contributed by atoms with van der Waals surface area (Å²) in [5, 5.41) is 23.5. The normalized spacial score (nSPS) is 11.6. The molecule has 2 nitrogen and oxygen atoms in total. The van der Waals surface area contributed by atoms with Crippen LogP contribution in [0, 0.1) is 0 Å². The van der Waals surface area contributed by atoms with E-state index in [2.05, 4.69) is 30.3 Å². The third-order valence-corrected chi connectivity index (χ3v) is 5.21. The molecule has 0 aliphatic carbocycles. The van der Waals surface area contributed by atoms with E-state index in [1.165, 1.54) is 0 Å². The lowest BCUT2D eigenvalue weighted by Crippen LogP contribution is -2.25. The first-order chi connectivity index (χ1) is 12.6. The molecule has 0 saturated heterocycles. The zero-order chi connectivity index (χ0) is 18.1. The topological polar surface area (TPSA) is 40.5 Å². The Kier molecular flexibility index (Phi) is 3.89.